The number of carbonyl (C=O) groups is 4. The van der Waals surface area contributed by atoms with Gasteiger partial charge >= 0.3 is 0 Å². The first-order valence-corrected chi connectivity index (χ1v) is 7.64. The minimum absolute atomic E-state index is 0.0705. The van der Waals surface area contributed by atoms with Crippen LogP contribution in [-0.2, 0) is 9.59 Å². The van der Waals surface area contributed by atoms with Crippen LogP contribution in [0, 0.1) is 0 Å². The maximum Gasteiger partial charge on any atom is 0.264 e. The van der Waals surface area contributed by atoms with E-state index in [-0.39, 0.29) is 30.5 Å². The van der Waals surface area contributed by atoms with Crippen molar-refractivity contribution in [2.75, 3.05) is 18.4 Å². The number of piperidine rings is 1. The van der Waals surface area contributed by atoms with Crippen LogP contribution < -0.4 is 10.6 Å². The van der Waals surface area contributed by atoms with Crippen LogP contribution in [0.2, 0.25) is 0 Å². The van der Waals surface area contributed by atoms with Gasteiger partial charge in [0.25, 0.3) is 11.8 Å². The van der Waals surface area contributed by atoms with Crippen LogP contribution in [0.1, 0.15) is 33.6 Å². The molecule has 1 fully saturated rings. The van der Waals surface area contributed by atoms with E-state index in [1.165, 1.54) is 6.07 Å². The summed E-state index contributed by atoms with van der Waals surface area (Å²) in [6.07, 6.45) is 0.177. The third-order valence-electron chi connectivity index (χ3n) is 4.06. The maximum atomic E-state index is 12.8. The molecule has 4 amide bonds. The molecule has 1 aromatic rings. The number of nitrogens with zero attached hydrogens (tertiary/aromatic N) is 4. The van der Waals surface area contributed by atoms with Gasteiger partial charge in [-0.3, -0.25) is 29.4 Å². The van der Waals surface area contributed by atoms with Crippen molar-refractivity contribution in [1.82, 2.24) is 10.2 Å². The Kier molecular flexibility index (Phi) is 4.36. The van der Waals surface area contributed by atoms with Gasteiger partial charge in [-0.1, -0.05) is 11.2 Å². The van der Waals surface area contributed by atoms with Crippen molar-refractivity contribution in [1.29, 1.82) is 0 Å². The monoisotopic (exact) mass is 342 g/mol. The molecule has 0 aromatic heterocycles. The number of fused-ring (bicyclic) bond motifs is 1. The van der Waals surface area contributed by atoms with E-state index in [9.17, 15) is 19.2 Å². The van der Waals surface area contributed by atoms with Crippen molar-refractivity contribution in [3.8, 4) is 0 Å². The van der Waals surface area contributed by atoms with Crippen molar-refractivity contribution in [2.45, 2.75) is 18.9 Å². The van der Waals surface area contributed by atoms with E-state index < -0.39 is 29.7 Å². The Balaban J connectivity index is 1.87. The molecule has 10 heteroatoms. The van der Waals surface area contributed by atoms with E-state index in [0.29, 0.717) is 12.2 Å². The van der Waals surface area contributed by atoms with Gasteiger partial charge in [-0.25, -0.2) is 0 Å². The molecule has 0 aliphatic carbocycles. The molecule has 128 valence electrons. The molecule has 25 heavy (non-hydrogen) atoms. The van der Waals surface area contributed by atoms with Crippen LogP contribution in [0.4, 0.5) is 5.69 Å². The number of azide groups is 1. The summed E-state index contributed by atoms with van der Waals surface area (Å²) in [4.78, 5) is 52.2. The Labute approximate surface area is 141 Å². The molecule has 3 rings (SSSR count). The molecule has 1 aromatic carbocycles. The predicted octanol–water partition coefficient (Wildman–Crippen LogP) is 0.810. The van der Waals surface area contributed by atoms with E-state index in [0.717, 1.165) is 4.90 Å². The Bertz CT molecular complexity index is 829. The van der Waals surface area contributed by atoms with Gasteiger partial charge in [-0.15, -0.1) is 0 Å². The highest BCUT2D eigenvalue weighted by atomic mass is 16.2. The van der Waals surface area contributed by atoms with Gasteiger partial charge < -0.3 is 5.32 Å². The topological polar surface area (TPSA) is 144 Å². The van der Waals surface area contributed by atoms with Crippen LogP contribution in [0.5, 0.6) is 0 Å². The fourth-order valence-corrected chi connectivity index (χ4v) is 2.95. The average molecular weight is 342 g/mol. The van der Waals surface area contributed by atoms with Crippen molar-refractivity contribution < 1.29 is 19.2 Å². The summed E-state index contributed by atoms with van der Waals surface area (Å²) in [6, 6.07) is 3.77. The lowest BCUT2D eigenvalue weighted by Gasteiger charge is -2.27. The summed E-state index contributed by atoms with van der Waals surface area (Å²) >= 11 is 0. The first kappa shape index (κ1) is 16.5. The van der Waals surface area contributed by atoms with Crippen LogP contribution in [-0.4, -0.2) is 47.7 Å². The van der Waals surface area contributed by atoms with E-state index in [2.05, 4.69) is 20.7 Å². The van der Waals surface area contributed by atoms with Crippen LogP contribution in [0.25, 0.3) is 10.4 Å². The predicted molar refractivity (Wildman–Crippen MR) is 85.6 cm³/mol. The summed E-state index contributed by atoms with van der Waals surface area (Å²) < 4.78 is 0. The highest BCUT2D eigenvalue weighted by molar-refractivity contribution is 6.25. The molecule has 1 unspecified atom stereocenters. The normalized spacial score (nSPS) is 19.4. The Morgan fingerprint density at radius 2 is 2.08 bits per heavy atom. The lowest BCUT2D eigenvalue weighted by atomic mass is 10.0. The fourth-order valence-electron chi connectivity index (χ4n) is 2.95. The minimum atomic E-state index is -0.999. The summed E-state index contributed by atoms with van der Waals surface area (Å²) in [5, 5.41) is 8.50. The second-order valence-corrected chi connectivity index (χ2v) is 5.56. The summed E-state index contributed by atoms with van der Waals surface area (Å²) in [5.41, 5.74) is 9.09. The Hall–Kier alpha value is -3.39. The number of carbonyl (C=O) groups excluding carboxylic acids is 4. The minimum Gasteiger partial charge on any atom is -0.384 e. The highest BCUT2D eigenvalue weighted by Gasteiger charge is 2.45. The Morgan fingerprint density at radius 1 is 1.28 bits per heavy atom. The van der Waals surface area contributed by atoms with Crippen molar-refractivity contribution in [2.24, 2.45) is 5.11 Å². The number of nitrogens with one attached hydrogen (secondary N) is 2. The van der Waals surface area contributed by atoms with E-state index in [4.69, 9.17) is 5.53 Å². The maximum absolute atomic E-state index is 12.8. The number of imide groups is 2. The van der Waals surface area contributed by atoms with Gasteiger partial charge in [0.1, 0.15) is 6.04 Å². The number of amides is 4. The highest BCUT2D eigenvalue weighted by Crippen LogP contribution is 2.32. The quantitative estimate of drug-likeness (QED) is 0.267. The largest absolute Gasteiger partial charge is 0.384 e. The molecule has 2 aliphatic heterocycles. The molecule has 2 heterocycles. The van der Waals surface area contributed by atoms with E-state index in [1.54, 1.807) is 12.1 Å². The second-order valence-electron chi connectivity index (χ2n) is 5.56. The molecule has 2 N–H and O–H groups in total. The molecular formula is C15H14N6O4. The second kappa shape index (κ2) is 6.62. The first-order valence-electron chi connectivity index (χ1n) is 7.64. The SMILES string of the molecule is [N-]=[N+]=NCCNc1cccc2c1C(=O)N(C1CCC(=O)NC1=O)C2=O. The zero-order valence-corrected chi connectivity index (χ0v) is 13.1. The summed E-state index contributed by atoms with van der Waals surface area (Å²) in [6.45, 7) is 0.472. The van der Waals surface area contributed by atoms with Crippen LogP contribution in [0.15, 0.2) is 23.3 Å². The lowest BCUT2D eigenvalue weighted by Crippen LogP contribution is -2.54. The molecule has 1 atom stereocenters. The Morgan fingerprint density at radius 3 is 2.80 bits per heavy atom. The zero-order valence-electron chi connectivity index (χ0n) is 13.1. The third kappa shape index (κ3) is 2.90. The zero-order chi connectivity index (χ0) is 18.0. The number of hydrogen-bond donors (Lipinski definition) is 2. The molecule has 2 aliphatic rings. The number of rotatable bonds is 5. The number of anilines is 1. The van der Waals surface area contributed by atoms with Crippen molar-refractivity contribution in [3.63, 3.8) is 0 Å². The van der Waals surface area contributed by atoms with Gasteiger partial charge in [-0.05, 0) is 24.1 Å². The summed E-state index contributed by atoms with van der Waals surface area (Å²) in [7, 11) is 0. The van der Waals surface area contributed by atoms with Crippen molar-refractivity contribution >= 4 is 29.3 Å². The lowest BCUT2D eigenvalue weighted by molar-refractivity contribution is -0.136. The van der Waals surface area contributed by atoms with E-state index >= 15 is 0 Å². The fraction of sp³-hybridized carbons (Fsp3) is 0.333. The smallest absolute Gasteiger partial charge is 0.264 e. The first-order chi connectivity index (χ1) is 12.0. The van der Waals surface area contributed by atoms with E-state index in [1.807, 2.05) is 0 Å². The molecule has 1 saturated heterocycles. The summed E-state index contributed by atoms with van der Waals surface area (Å²) in [5.74, 6) is -2.21. The molecule has 0 saturated carbocycles. The van der Waals surface area contributed by atoms with Crippen LogP contribution in [0.3, 0.4) is 0 Å². The molecule has 0 bridgehead atoms. The standard InChI is InChI=1S/C15H14N6O4/c16-20-18-7-6-17-9-3-1-2-8-12(9)15(25)21(14(8)24)10-4-5-11(22)19-13(10)23/h1-3,10,17H,4-7H2,(H,19,22,23). The molecule has 0 spiro atoms. The van der Waals surface area contributed by atoms with Crippen molar-refractivity contribution in [3.05, 3.63) is 39.8 Å². The van der Waals surface area contributed by atoms with Gasteiger partial charge in [0.2, 0.25) is 11.8 Å². The van der Waals surface area contributed by atoms with Gasteiger partial charge in [-0.2, -0.15) is 0 Å². The third-order valence-corrected chi connectivity index (χ3v) is 4.06. The molecule has 10 nitrogen and oxygen atoms in total. The van der Waals surface area contributed by atoms with Gasteiger partial charge in [0.15, 0.2) is 0 Å². The number of benzene rings is 1. The van der Waals surface area contributed by atoms with Gasteiger partial charge in [0.05, 0.1) is 11.1 Å². The van der Waals surface area contributed by atoms with Gasteiger partial charge in [0, 0.05) is 30.1 Å². The number of hydrogen-bond acceptors (Lipinski definition) is 6. The average Bonchev–Trinajstić information content (AvgIpc) is 2.84. The molecular weight excluding hydrogens is 328 g/mol. The molecule has 0 radical (unpaired) electrons. The van der Waals surface area contributed by atoms with Crippen LogP contribution >= 0.6 is 0 Å².